The first-order valence-electron chi connectivity index (χ1n) is 6.07. The number of thioether (sulfide) groups is 1. The minimum Gasteiger partial charge on any atom is -0.508 e. The predicted octanol–water partition coefficient (Wildman–Crippen LogP) is 2.11. The molecule has 0 radical (unpaired) electrons. The van der Waals surface area contributed by atoms with Crippen LogP contribution in [0, 0.1) is 5.92 Å². The Balaban J connectivity index is 2.07. The molecule has 2 aliphatic heterocycles. The average molecular weight is 265 g/mol. The molecule has 0 bridgehead atoms. The molecule has 0 aliphatic carbocycles. The number of benzene rings is 1. The molecule has 3 atom stereocenters. The number of nitrogens with one attached hydrogen (secondary N) is 1. The van der Waals surface area contributed by atoms with Crippen molar-refractivity contribution in [3.05, 3.63) is 23.8 Å². The summed E-state index contributed by atoms with van der Waals surface area (Å²) in [6.45, 7) is 0. The molecule has 96 valence electrons. The third-order valence-electron chi connectivity index (χ3n) is 3.81. The summed E-state index contributed by atoms with van der Waals surface area (Å²) in [5, 5.41) is 22.5. The number of phenols is 1. The number of carboxylic acids is 1. The highest BCUT2D eigenvalue weighted by atomic mass is 32.2. The Bertz CT molecular complexity index is 491. The number of aromatic hydroxyl groups is 1. The predicted molar refractivity (Wildman–Crippen MR) is 71.3 cm³/mol. The van der Waals surface area contributed by atoms with Gasteiger partial charge in [0.25, 0.3) is 0 Å². The molecule has 3 rings (SSSR count). The summed E-state index contributed by atoms with van der Waals surface area (Å²) in [5.74, 6) is 0.878. The van der Waals surface area contributed by atoms with E-state index in [2.05, 4.69) is 5.32 Å². The minimum absolute atomic E-state index is 0.107. The number of carboxylic acid groups (broad SMARTS) is 1. The number of rotatable bonds is 1. The quantitative estimate of drug-likeness (QED) is 0.678. The highest BCUT2D eigenvalue weighted by Gasteiger charge is 2.42. The lowest BCUT2D eigenvalue weighted by molar-refractivity contribution is -0.140. The van der Waals surface area contributed by atoms with Gasteiger partial charge in [0.05, 0.1) is 5.92 Å². The third kappa shape index (κ3) is 1.82. The normalized spacial score (nSPS) is 29.9. The molecule has 2 heterocycles. The number of aliphatic carboxylic acids is 1. The second-order valence-electron chi connectivity index (χ2n) is 4.87. The van der Waals surface area contributed by atoms with Gasteiger partial charge in [-0.2, -0.15) is 11.8 Å². The van der Waals surface area contributed by atoms with Crippen LogP contribution in [-0.2, 0) is 4.79 Å². The molecule has 5 heteroatoms. The molecule has 3 N–H and O–H groups in total. The van der Waals surface area contributed by atoms with E-state index >= 15 is 0 Å². The van der Waals surface area contributed by atoms with Crippen LogP contribution >= 0.6 is 11.8 Å². The van der Waals surface area contributed by atoms with Gasteiger partial charge >= 0.3 is 5.97 Å². The second kappa shape index (κ2) is 4.39. The summed E-state index contributed by atoms with van der Waals surface area (Å²) in [4.78, 5) is 11.6. The maximum absolute atomic E-state index is 11.6. The highest BCUT2D eigenvalue weighted by molar-refractivity contribution is 7.99. The molecule has 1 aromatic rings. The smallest absolute Gasteiger partial charge is 0.311 e. The van der Waals surface area contributed by atoms with Crippen LogP contribution in [0.3, 0.4) is 0 Å². The molecule has 1 fully saturated rings. The summed E-state index contributed by atoms with van der Waals surface area (Å²) in [5.41, 5.74) is 1.57. The van der Waals surface area contributed by atoms with Crippen LogP contribution in [0.1, 0.15) is 17.9 Å². The van der Waals surface area contributed by atoms with E-state index in [0.717, 1.165) is 23.6 Å². The zero-order valence-electron chi connectivity index (χ0n) is 9.80. The van der Waals surface area contributed by atoms with Crippen molar-refractivity contribution in [2.24, 2.45) is 5.92 Å². The van der Waals surface area contributed by atoms with Crippen molar-refractivity contribution in [2.75, 3.05) is 16.8 Å². The minimum atomic E-state index is -0.791. The van der Waals surface area contributed by atoms with Crippen molar-refractivity contribution in [1.82, 2.24) is 0 Å². The topological polar surface area (TPSA) is 69.6 Å². The molecule has 0 aromatic heterocycles. The van der Waals surface area contributed by atoms with E-state index in [4.69, 9.17) is 0 Å². The maximum Gasteiger partial charge on any atom is 0.311 e. The fourth-order valence-electron chi connectivity index (χ4n) is 2.95. The monoisotopic (exact) mass is 265 g/mol. The molecule has 2 aliphatic rings. The number of hydrogen-bond donors (Lipinski definition) is 3. The number of carbonyl (C=O) groups is 1. The van der Waals surface area contributed by atoms with Crippen molar-refractivity contribution in [1.29, 1.82) is 0 Å². The number of hydrogen-bond acceptors (Lipinski definition) is 4. The molecule has 18 heavy (non-hydrogen) atoms. The zero-order chi connectivity index (χ0) is 12.7. The summed E-state index contributed by atoms with van der Waals surface area (Å²) in [7, 11) is 0. The van der Waals surface area contributed by atoms with Crippen molar-refractivity contribution in [3.8, 4) is 5.75 Å². The lowest BCUT2D eigenvalue weighted by atomic mass is 9.77. The van der Waals surface area contributed by atoms with Crippen LogP contribution in [0.2, 0.25) is 0 Å². The Hall–Kier alpha value is -1.36. The lowest BCUT2D eigenvalue weighted by Gasteiger charge is -2.41. The number of fused-ring (bicyclic) bond motifs is 2. The Kier molecular flexibility index (Phi) is 2.86. The average Bonchev–Trinajstić information content (AvgIpc) is 2.35. The van der Waals surface area contributed by atoms with Crippen molar-refractivity contribution in [2.45, 2.75) is 18.4 Å². The van der Waals surface area contributed by atoms with E-state index in [9.17, 15) is 15.0 Å². The van der Waals surface area contributed by atoms with Gasteiger partial charge in [0.2, 0.25) is 0 Å². The Morgan fingerprint density at radius 1 is 1.44 bits per heavy atom. The lowest BCUT2D eigenvalue weighted by Crippen LogP contribution is -2.44. The van der Waals surface area contributed by atoms with Gasteiger partial charge in [0, 0.05) is 17.6 Å². The number of anilines is 1. The largest absolute Gasteiger partial charge is 0.508 e. The van der Waals surface area contributed by atoms with E-state index in [1.165, 1.54) is 0 Å². The Labute approximate surface area is 109 Å². The molecule has 1 aromatic carbocycles. The van der Waals surface area contributed by atoms with Crippen LogP contribution < -0.4 is 5.32 Å². The fraction of sp³-hybridized carbons (Fsp3) is 0.462. The van der Waals surface area contributed by atoms with Gasteiger partial charge in [-0.3, -0.25) is 4.79 Å². The summed E-state index contributed by atoms with van der Waals surface area (Å²) in [6.07, 6.45) is 0.999. The van der Waals surface area contributed by atoms with E-state index < -0.39 is 11.9 Å². The SMILES string of the molecule is O=C(O)C1c2cc(O)ccc2NC2CCSCC21. The molecule has 0 amide bonds. The molecule has 1 saturated heterocycles. The first-order valence-corrected chi connectivity index (χ1v) is 7.22. The molecule has 0 saturated carbocycles. The molecule has 3 unspecified atom stereocenters. The first kappa shape index (κ1) is 11.7. The van der Waals surface area contributed by atoms with E-state index in [1.807, 2.05) is 11.8 Å². The van der Waals surface area contributed by atoms with Crippen LogP contribution in [0.15, 0.2) is 18.2 Å². The summed E-state index contributed by atoms with van der Waals surface area (Å²) < 4.78 is 0. The molecule has 0 spiro atoms. The highest BCUT2D eigenvalue weighted by Crippen LogP contribution is 2.44. The van der Waals surface area contributed by atoms with Crippen LogP contribution in [-0.4, -0.2) is 33.7 Å². The van der Waals surface area contributed by atoms with Gasteiger partial charge in [0.15, 0.2) is 0 Å². The van der Waals surface area contributed by atoms with Gasteiger partial charge in [-0.05, 0) is 41.7 Å². The first-order chi connectivity index (χ1) is 8.66. The van der Waals surface area contributed by atoms with E-state index in [1.54, 1.807) is 18.2 Å². The standard InChI is InChI=1S/C13H15NO3S/c15-7-1-2-10-8(5-7)12(13(16)17)9-6-18-4-3-11(9)14-10/h1-2,5,9,11-12,14-15H,3-4,6H2,(H,16,17). The molecular weight excluding hydrogens is 250 g/mol. The Morgan fingerprint density at radius 2 is 2.28 bits per heavy atom. The molecule has 4 nitrogen and oxygen atoms in total. The second-order valence-corrected chi connectivity index (χ2v) is 6.02. The zero-order valence-corrected chi connectivity index (χ0v) is 10.6. The van der Waals surface area contributed by atoms with Crippen molar-refractivity contribution >= 4 is 23.4 Å². The Morgan fingerprint density at radius 3 is 3.06 bits per heavy atom. The third-order valence-corrected chi connectivity index (χ3v) is 4.95. The number of phenolic OH excluding ortho intramolecular Hbond substituents is 1. The van der Waals surface area contributed by atoms with Crippen LogP contribution in [0.25, 0.3) is 0 Å². The summed E-state index contributed by atoms with van der Waals surface area (Å²) >= 11 is 1.81. The molecular formula is C13H15NO3S. The van der Waals surface area contributed by atoms with Gasteiger partial charge in [-0.25, -0.2) is 0 Å². The van der Waals surface area contributed by atoms with Gasteiger partial charge in [0.1, 0.15) is 5.75 Å². The van der Waals surface area contributed by atoms with E-state index in [0.29, 0.717) is 5.56 Å². The van der Waals surface area contributed by atoms with Crippen LogP contribution in [0.4, 0.5) is 5.69 Å². The summed E-state index contributed by atoms with van der Waals surface area (Å²) in [6, 6.07) is 5.20. The van der Waals surface area contributed by atoms with Crippen molar-refractivity contribution < 1.29 is 15.0 Å². The van der Waals surface area contributed by atoms with Gasteiger partial charge in [-0.15, -0.1) is 0 Å². The fourth-order valence-corrected chi connectivity index (χ4v) is 4.24. The maximum atomic E-state index is 11.6. The van der Waals surface area contributed by atoms with E-state index in [-0.39, 0.29) is 17.7 Å². The van der Waals surface area contributed by atoms with Crippen molar-refractivity contribution in [3.63, 3.8) is 0 Å². The van der Waals surface area contributed by atoms with Gasteiger partial charge in [-0.1, -0.05) is 0 Å². The van der Waals surface area contributed by atoms with Gasteiger partial charge < -0.3 is 15.5 Å². The van der Waals surface area contributed by atoms with Crippen LogP contribution in [0.5, 0.6) is 5.75 Å².